The lowest BCUT2D eigenvalue weighted by Crippen LogP contribution is -2.30. The van der Waals surface area contributed by atoms with Gasteiger partial charge in [0.1, 0.15) is 0 Å². The number of alkyl halides is 3. The normalized spacial score (nSPS) is 11.3. The molecular weight excluding hydrogens is 237 g/mol. The molecule has 0 aliphatic carbocycles. The van der Waals surface area contributed by atoms with Gasteiger partial charge in [-0.2, -0.15) is 13.2 Å². The number of amides is 1. The summed E-state index contributed by atoms with van der Waals surface area (Å²) in [4.78, 5) is 21.9. The van der Waals surface area contributed by atoms with Crippen LogP contribution in [-0.2, 0) is 11.3 Å². The van der Waals surface area contributed by atoms with Gasteiger partial charge in [-0.25, -0.2) is 0 Å². The van der Waals surface area contributed by atoms with Crippen molar-refractivity contribution in [3.8, 4) is 0 Å². The van der Waals surface area contributed by atoms with Crippen molar-refractivity contribution in [2.24, 2.45) is 0 Å². The van der Waals surface area contributed by atoms with Crippen molar-refractivity contribution < 1.29 is 18.0 Å². The Morgan fingerprint density at radius 2 is 2.06 bits per heavy atom. The Hall–Kier alpha value is -1.79. The number of rotatable bonds is 3. The van der Waals surface area contributed by atoms with Gasteiger partial charge in [-0.1, -0.05) is 6.92 Å². The molecule has 0 aliphatic heterocycles. The Balaban J connectivity index is 2.90. The molecule has 0 aromatic carbocycles. The van der Waals surface area contributed by atoms with E-state index >= 15 is 0 Å². The third-order valence-corrected chi connectivity index (χ3v) is 1.96. The van der Waals surface area contributed by atoms with Crippen molar-refractivity contribution in [1.82, 2.24) is 4.57 Å². The molecule has 1 aromatic rings. The lowest BCUT2D eigenvalue weighted by Gasteiger charge is -2.10. The molecule has 1 heterocycles. The molecule has 94 valence electrons. The fourth-order valence-corrected chi connectivity index (χ4v) is 1.22. The van der Waals surface area contributed by atoms with E-state index in [1.165, 1.54) is 10.8 Å². The fourth-order valence-electron chi connectivity index (χ4n) is 1.22. The van der Waals surface area contributed by atoms with Crippen LogP contribution in [0.15, 0.2) is 23.1 Å². The third-order valence-electron chi connectivity index (χ3n) is 1.96. The van der Waals surface area contributed by atoms with E-state index in [2.05, 4.69) is 0 Å². The van der Waals surface area contributed by atoms with Gasteiger partial charge in [0.05, 0.1) is 5.69 Å². The van der Waals surface area contributed by atoms with Crippen LogP contribution >= 0.6 is 0 Å². The first kappa shape index (κ1) is 13.3. The zero-order valence-electron chi connectivity index (χ0n) is 9.04. The van der Waals surface area contributed by atoms with Crippen LogP contribution < -0.4 is 10.9 Å². The minimum atomic E-state index is -4.94. The molecule has 0 saturated carbocycles. The number of carbonyl (C=O) groups is 1. The van der Waals surface area contributed by atoms with Crippen molar-refractivity contribution in [2.45, 2.75) is 26.1 Å². The van der Waals surface area contributed by atoms with Crippen LogP contribution in [0.5, 0.6) is 0 Å². The number of nitrogens with one attached hydrogen (secondary N) is 1. The van der Waals surface area contributed by atoms with Crippen molar-refractivity contribution in [2.75, 3.05) is 5.32 Å². The maximum absolute atomic E-state index is 12.0. The van der Waals surface area contributed by atoms with Crippen LogP contribution in [-0.4, -0.2) is 16.7 Å². The van der Waals surface area contributed by atoms with Gasteiger partial charge in [-0.05, 0) is 12.5 Å². The highest BCUT2D eigenvalue weighted by Gasteiger charge is 2.38. The van der Waals surface area contributed by atoms with Crippen LogP contribution in [0.3, 0.4) is 0 Å². The number of halogens is 3. The summed E-state index contributed by atoms with van der Waals surface area (Å²) in [6.45, 7) is 2.21. The van der Waals surface area contributed by atoms with E-state index in [4.69, 9.17) is 0 Å². The molecule has 4 nitrogen and oxygen atoms in total. The summed E-state index contributed by atoms with van der Waals surface area (Å²) in [5, 5.41) is 1.68. The Morgan fingerprint density at radius 1 is 1.41 bits per heavy atom. The monoisotopic (exact) mass is 248 g/mol. The number of aromatic nitrogens is 1. The number of nitrogens with zero attached hydrogens (tertiary/aromatic N) is 1. The molecule has 1 rings (SSSR count). The van der Waals surface area contributed by atoms with E-state index in [0.717, 1.165) is 12.1 Å². The van der Waals surface area contributed by atoms with Crippen molar-refractivity contribution in [1.29, 1.82) is 0 Å². The smallest absolute Gasteiger partial charge is 0.317 e. The molecule has 0 atom stereocenters. The molecule has 0 aliphatic rings. The molecule has 0 radical (unpaired) electrons. The summed E-state index contributed by atoms with van der Waals surface area (Å²) in [7, 11) is 0. The third kappa shape index (κ3) is 3.61. The van der Waals surface area contributed by atoms with E-state index < -0.39 is 12.1 Å². The SMILES string of the molecule is CCCn1cc(NC(=O)C(F)(F)F)ccc1=O. The molecule has 0 fully saturated rings. The highest BCUT2D eigenvalue weighted by atomic mass is 19.4. The van der Waals surface area contributed by atoms with Gasteiger partial charge in [0.25, 0.3) is 5.56 Å². The molecule has 0 spiro atoms. The van der Waals surface area contributed by atoms with Crippen LogP contribution in [0.1, 0.15) is 13.3 Å². The summed E-state index contributed by atoms with van der Waals surface area (Å²) < 4.78 is 37.2. The van der Waals surface area contributed by atoms with Gasteiger partial charge in [-0.15, -0.1) is 0 Å². The van der Waals surface area contributed by atoms with Crippen LogP contribution in [0.2, 0.25) is 0 Å². The van der Waals surface area contributed by atoms with Gasteiger partial charge in [0, 0.05) is 18.8 Å². The molecule has 0 saturated heterocycles. The molecule has 1 N–H and O–H groups in total. The number of pyridine rings is 1. The van der Waals surface area contributed by atoms with Gasteiger partial charge in [-0.3, -0.25) is 9.59 Å². The Labute approximate surface area is 95.1 Å². The predicted octanol–water partition coefficient (Wildman–Crippen LogP) is 1.76. The fraction of sp³-hybridized carbons (Fsp3) is 0.400. The topological polar surface area (TPSA) is 51.1 Å². The van der Waals surface area contributed by atoms with Crippen LogP contribution in [0.25, 0.3) is 0 Å². The predicted molar refractivity (Wildman–Crippen MR) is 55.7 cm³/mol. The van der Waals surface area contributed by atoms with Crippen molar-refractivity contribution in [3.05, 3.63) is 28.7 Å². The molecular formula is C10H11F3N2O2. The first-order valence-electron chi connectivity index (χ1n) is 4.93. The summed E-state index contributed by atoms with van der Waals surface area (Å²) in [6, 6.07) is 2.25. The van der Waals surface area contributed by atoms with E-state index in [-0.39, 0.29) is 11.2 Å². The van der Waals surface area contributed by atoms with E-state index in [0.29, 0.717) is 13.0 Å². The number of carbonyl (C=O) groups excluding carboxylic acids is 1. The Morgan fingerprint density at radius 3 is 2.59 bits per heavy atom. The van der Waals surface area contributed by atoms with Gasteiger partial charge in [0.15, 0.2) is 0 Å². The first-order valence-corrected chi connectivity index (χ1v) is 4.93. The summed E-state index contributed by atoms with van der Waals surface area (Å²) in [5.41, 5.74) is -0.378. The van der Waals surface area contributed by atoms with Crippen LogP contribution in [0, 0.1) is 0 Å². The van der Waals surface area contributed by atoms with Gasteiger partial charge in [0.2, 0.25) is 0 Å². The number of aryl methyl sites for hydroxylation is 1. The molecule has 17 heavy (non-hydrogen) atoms. The number of hydrogen-bond acceptors (Lipinski definition) is 2. The highest BCUT2D eigenvalue weighted by molar-refractivity contribution is 5.94. The summed E-state index contributed by atoms with van der Waals surface area (Å²) >= 11 is 0. The molecule has 0 bridgehead atoms. The Bertz CT molecular complexity index is 465. The minimum absolute atomic E-state index is 0.0552. The molecule has 1 amide bonds. The average molecular weight is 248 g/mol. The maximum Gasteiger partial charge on any atom is 0.471 e. The molecule has 0 unspecified atom stereocenters. The van der Waals surface area contributed by atoms with E-state index in [1.54, 1.807) is 5.32 Å². The second-order valence-electron chi connectivity index (χ2n) is 3.40. The first-order chi connectivity index (χ1) is 7.84. The molecule has 1 aromatic heterocycles. The zero-order valence-corrected chi connectivity index (χ0v) is 9.04. The second-order valence-corrected chi connectivity index (χ2v) is 3.40. The lowest BCUT2D eigenvalue weighted by molar-refractivity contribution is -0.167. The minimum Gasteiger partial charge on any atom is -0.317 e. The Kier molecular flexibility index (Phi) is 3.93. The largest absolute Gasteiger partial charge is 0.471 e. The van der Waals surface area contributed by atoms with Gasteiger partial charge >= 0.3 is 12.1 Å². The average Bonchev–Trinajstić information content (AvgIpc) is 2.22. The van der Waals surface area contributed by atoms with Gasteiger partial charge < -0.3 is 9.88 Å². The number of anilines is 1. The standard InChI is InChI=1S/C10H11F3N2O2/c1-2-5-15-6-7(3-4-8(15)16)14-9(17)10(11,12)13/h3-4,6H,2,5H2,1H3,(H,14,17). The summed E-state index contributed by atoms with van der Waals surface area (Å²) in [6.07, 6.45) is -3.09. The second kappa shape index (κ2) is 5.03. The molecule has 7 heteroatoms. The summed E-state index contributed by atoms with van der Waals surface area (Å²) in [5.74, 6) is -2.06. The van der Waals surface area contributed by atoms with Crippen LogP contribution in [0.4, 0.5) is 18.9 Å². The lowest BCUT2D eigenvalue weighted by atomic mass is 10.3. The van der Waals surface area contributed by atoms with Crippen molar-refractivity contribution in [3.63, 3.8) is 0 Å². The zero-order chi connectivity index (χ0) is 13.1. The van der Waals surface area contributed by atoms with Crippen molar-refractivity contribution >= 4 is 11.6 Å². The number of hydrogen-bond donors (Lipinski definition) is 1. The van der Waals surface area contributed by atoms with E-state index in [9.17, 15) is 22.8 Å². The maximum atomic E-state index is 12.0. The highest BCUT2D eigenvalue weighted by Crippen LogP contribution is 2.17. The quantitative estimate of drug-likeness (QED) is 0.886. The van der Waals surface area contributed by atoms with E-state index in [1.807, 2.05) is 6.92 Å².